The second kappa shape index (κ2) is 8.15. The molecular formula is C14H16O4. The van der Waals surface area contributed by atoms with E-state index in [4.69, 9.17) is 14.6 Å². The summed E-state index contributed by atoms with van der Waals surface area (Å²) in [7, 11) is 0. The van der Waals surface area contributed by atoms with Crippen molar-refractivity contribution in [3.8, 4) is 17.6 Å². The topological polar surface area (TPSA) is 55.8 Å². The number of aliphatic hydroxyl groups excluding tert-OH is 1. The predicted octanol–water partition coefficient (Wildman–Crippen LogP) is 1.36. The lowest BCUT2D eigenvalue weighted by atomic mass is 10.2. The third kappa shape index (κ3) is 5.37. The van der Waals surface area contributed by atoms with Crippen LogP contribution in [0.1, 0.15) is 18.9 Å². The summed E-state index contributed by atoms with van der Waals surface area (Å²) in [6.07, 6.45) is 0.0939. The number of aliphatic hydroxyl groups is 1. The second-order valence-corrected chi connectivity index (χ2v) is 3.38. The Kier molecular flexibility index (Phi) is 6.37. The number of rotatable bonds is 5. The van der Waals surface area contributed by atoms with Crippen molar-refractivity contribution in [3.05, 3.63) is 29.8 Å². The summed E-state index contributed by atoms with van der Waals surface area (Å²) in [5, 5.41) is 8.60. The Morgan fingerprint density at radius 3 is 2.67 bits per heavy atom. The van der Waals surface area contributed by atoms with Crippen LogP contribution in [0.25, 0.3) is 0 Å². The van der Waals surface area contributed by atoms with Gasteiger partial charge in [0.2, 0.25) is 0 Å². The smallest absolute Gasteiger partial charge is 0.317 e. The van der Waals surface area contributed by atoms with Crippen LogP contribution in [0.3, 0.4) is 0 Å². The van der Waals surface area contributed by atoms with Gasteiger partial charge in [0.25, 0.3) is 0 Å². The van der Waals surface area contributed by atoms with Crippen LogP contribution in [0.2, 0.25) is 0 Å². The van der Waals surface area contributed by atoms with Gasteiger partial charge in [0.05, 0.1) is 13.2 Å². The van der Waals surface area contributed by atoms with Crippen LogP contribution in [0, 0.1) is 11.8 Å². The minimum atomic E-state index is -0.312. The van der Waals surface area contributed by atoms with E-state index in [9.17, 15) is 4.79 Å². The van der Waals surface area contributed by atoms with Crippen LogP contribution in [0.5, 0.6) is 5.75 Å². The zero-order valence-corrected chi connectivity index (χ0v) is 10.3. The molecule has 0 saturated carbocycles. The van der Waals surface area contributed by atoms with E-state index in [1.165, 1.54) is 0 Å². The first-order chi connectivity index (χ1) is 8.76. The van der Waals surface area contributed by atoms with Crippen molar-refractivity contribution in [2.24, 2.45) is 0 Å². The summed E-state index contributed by atoms with van der Waals surface area (Å²) >= 11 is 0. The van der Waals surface area contributed by atoms with E-state index < -0.39 is 0 Å². The van der Waals surface area contributed by atoms with Crippen molar-refractivity contribution in [2.45, 2.75) is 13.3 Å². The molecule has 1 aromatic rings. The monoisotopic (exact) mass is 248 g/mol. The molecule has 0 heterocycles. The lowest BCUT2D eigenvalue weighted by Crippen LogP contribution is -2.01. The van der Waals surface area contributed by atoms with Crippen LogP contribution in [-0.4, -0.2) is 30.9 Å². The van der Waals surface area contributed by atoms with Gasteiger partial charge >= 0.3 is 5.97 Å². The molecule has 0 bridgehead atoms. The molecule has 96 valence electrons. The van der Waals surface area contributed by atoms with Crippen molar-refractivity contribution >= 4 is 5.97 Å². The van der Waals surface area contributed by atoms with Gasteiger partial charge in [0, 0.05) is 5.56 Å². The number of hydrogen-bond donors (Lipinski definition) is 1. The molecular weight excluding hydrogens is 232 g/mol. The van der Waals surface area contributed by atoms with E-state index >= 15 is 0 Å². The summed E-state index contributed by atoms with van der Waals surface area (Å²) in [4.78, 5) is 11.0. The maximum atomic E-state index is 11.0. The maximum absolute atomic E-state index is 11.0. The third-order valence-electron chi connectivity index (χ3n) is 1.99. The Morgan fingerprint density at radius 1 is 1.33 bits per heavy atom. The second-order valence-electron chi connectivity index (χ2n) is 3.38. The van der Waals surface area contributed by atoms with Crippen molar-refractivity contribution < 1.29 is 19.4 Å². The molecule has 1 aromatic carbocycles. The van der Waals surface area contributed by atoms with Crippen LogP contribution >= 0.6 is 0 Å². The average Bonchev–Trinajstić information content (AvgIpc) is 2.38. The standard InChI is InChI=1S/C14H16O4/c1-2-17-14(16)5-3-4-12-6-8-13(9-7-12)18-11-10-15/h6-9,15H,2,5,10-11H2,1H3. The molecule has 0 aliphatic heterocycles. The first-order valence-corrected chi connectivity index (χ1v) is 5.74. The Labute approximate surface area is 107 Å². The summed E-state index contributed by atoms with van der Waals surface area (Å²) in [5.74, 6) is 5.97. The normalized spacial score (nSPS) is 9.22. The Hall–Kier alpha value is -1.99. The number of hydrogen-bond acceptors (Lipinski definition) is 4. The van der Waals surface area contributed by atoms with Gasteiger partial charge in [0.15, 0.2) is 0 Å². The van der Waals surface area contributed by atoms with E-state index in [0.717, 1.165) is 5.56 Å². The summed E-state index contributed by atoms with van der Waals surface area (Å²) in [6, 6.07) is 7.13. The van der Waals surface area contributed by atoms with Gasteiger partial charge in [-0.05, 0) is 31.2 Å². The highest BCUT2D eigenvalue weighted by molar-refractivity contribution is 5.72. The fraction of sp³-hybridized carbons (Fsp3) is 0.357. The highest BCUT2D eigenvalue weighted by Gasteiger charge is 1.96. The minimum Gasteiger partial charge on any atom is -0.491 e. The molecule has 1 rings (SSSR count). The third-order valence-corrected chi connectivity index (χ3v) is 1.99. The van der Waals surface area contributed by atoms with Gasteiger partial charge in [-0.3, -0.25) is 4.79 Å². The van der Waals surface area contributed by atoms with E-state index in [2.05, 4.69) is 11.8 Å². The zero-order chi connectivity index (χ0) is 13.2. The lowest BCUT2D eigenvalue weighted by molar-refractivity contribution is -0.141. The molecule has 4 nitrogen and oxygen atoms in total. The number of benzene rings is 1. The SMILES string of the molecule is CCOC(=O)CC#Cc1ccc(OCCO)cc1. The van der Waals surface area contributed by atoms with Gasteiger partial charge in [-0.1, -0.05) is 11.8 Å². The first-order valence-electron chi connectivity index (χ1n) is 5.74. The fourth-order valence-corrected chi connectivity index (χ4v) is 1.23. The molecule has 18 heavy (non-hydrogen) atoms. The van der Waals surface area contributed by atoms with Crippen LogP contribution < -0.4 is 4.74 Å². The highest BCUT2D eigenvalue weighted by atomic mass is 16.5. The molecule has 4 heteroatoms. The number of carbonyl (C=O) groups is 1. The summed E-state index contributed by atoms with van der Waals surface area (Å²) in [6.45, 7) is 2.39. The Balaban J connectivity index is 2.48. The van der Waals surface area contributed by atoms with E-state index in [0.29, 0.717) is 12.4 Å². The van der Waals surface area contributed by atoms with Crippen LogP contribution in [-0.2, 0) is 9.53 Å². The van der Waals surface area contributed by atoms with Crippen molar-refractivity contribution in [2.75, 3.05) is 19.8 Å². The molecule has 1 N–H and O–H groups in total. The molecule has 0 aliphatic rings. The predicted molar refractivity (Wildman–Crippen MR) is 67.2 cm³/mol. The fourth-order valence-electron chi connectivity index (χ4n) is 1.23. The van der Waals surface area contributed by atoms with Gasteiger partial charge in [0.1, 0.15) is 18.8 Å². The molecule has 0 spiro atoms. The van der Waals surface area contributed by atoms with Crippen molar-refractivity contribution in [1.82, 2.24) is 0 Å². The Morgan fingerprint density at radius 2 is 2.06 bits per heavy atom. The van der Waals surface area contributed by atoms with Gasteiger partial charge in [-0.15, -0.1) is 0 Å². The first kappa shape index (κ1) is 14.1. The molecule has 0 radical (unpaired) electrons. The van der Waals surface area contributed by atoms with Gasteiger partial charge in [-0.2, -0.15) is 0 Å². The largest absolute Gasteiger partial charge is 0.491 e. The molecule has 0 amide bonds. The van der Waals surface area contributed by atoms with Crippen molar-refractivity contribution in [3.63, 3.8) is 0 Å². The average molecular weight is 248 g/mol. The van der Waals surface area contributed by atoms with E-state index in [1.54, 1.807) is 31.2 Å². The molecule has 0 unspecified atom stereocenters. The van der Waals surface area contributed by atoms with Crippen molar-refractivity contribution in [1.29, 1.82) is 0 Å². The quantitative estimate of drug-likeness (QED) is 0.631. The highest BCUT2D eigenvalue weighted by Crippen LogP contribution is 2.11. The maximum Gasteiger partial charge on any atom is 0.317 e. The van der Waals surface area contributed by atoms with Gasteiger partial charge in [-0.25, -0.2) is 0 Å². The number of esters is 1. The van der Waals surface area contributed by atoms with Gasteiger partial charge < -0.3 is 14.6 Å². The van der Waals surface area contributed by atoms with Crippen LogP contribution in [0.15, 0.2) is 24.3 Å². The van der Waals surface area contributed by atoms with Crippen LogP contribution in [0.4, 0.5) is 0 Å². The van der Waals surface area contributed by atoms with E-state index in [-0.39, 0.29) is 25.6 Å². The Bertz CT molecular complexity index is 425. The molecule has 0 aliphatic carbocycles. The summed E-state index contributed by atoms with van der Waals surface area (Å²) < 4.78 is 9.97. The molecule has 0 aromatic heterocycles. The molecule has 0 atom stereocenters. The number of carbonyl (C=O) groups excluding carboxylic acids is 1. The minimum absolute atomic E-state index is 0.0128. The molecule has 0 fully saturated rings. The molecule has 0 saturated heterocycles. The summed E-state index contributed by atoms with van der Waals surface area (Å²) in [5.41, 5.74) is 0.802. The lowest BCUT2D eigenvalue weighted by Gasteiger charge is -2.02. The van der Waals surface area contributed by atoms with E-state index in [1.807, 2.05) is 0 Å². The zero-order valence-electron chi connectivity index (χ0n) is 10.3. The number of ether oxygens (including phenoxy) is 2.